The highest BCUT2D eigenvalue weighted by Crippen LogP contribution is 2.20. The van der Waals surface area contributed by atoms with Gasteiger partial charge in [0.05, 0.1) is 17.1 Å². The van der Waals surface area contributed by atoms with Gasteiger partial charge in [0.2, 0.25) is 11.9 Å². The number of anilines is 1. The van der Waals surface area contributed by atoms with E-state index in [1.165, 1.54) is 13.2 Å². The van der Waals surface area contributed by atoms with E-state index in [2.05, 4.69) is 28.6 Å². The molecule has 0 bridgehead atoms. The Bertz CT molecular complexity index is 1000. The van der Waals surface area contributed by atoms with E-state index in [4.69, 9.17) is 15.8 Å². The van der Waals surface area contributed by atoms with Crippen molar-refractivity contribution in [3.63, 3.8) is 0 Å². The maximum Gasteiger partial charge on any atom is 0.354 e. The van der Waals surface area contributed by atoms with Crippen LogP contribution in [0.5, 0.6) is 0 Å². The lowest BCUT2D eigenvalue weighted by molar-refractivity contribution is -0.133. The van der Waals surface area contributed by atoms with Crippen LogP contribution in [0.4, 0.5) is 10.1 Å². The standard InChI is InChI=1S/C14H16FN7O5S2/c1-18-11(13(24)25)12(28)22-29(26,27)7-2-3-9(8(15)4-7)21-10(23)5-19-14(17)20-6-16/h2-4,18,22,28H,5H2,1H3,(H,21,23)(H,24,25)(H3,17,19,20)/b12-11-. The zero-order valence-electron chi connectivity index (χ0n) is 14.7. The summed E-state index contributed by atoms with van der Waals surface area (Å²) >= 11 is 3.78. The van der Waals surface area contributed by atoms with Crippen molar-refractivity contribution in [2.75, 3.05) is 18.9 Å². The van der Waals surface area contributed by atoms with E-state index in [0.717, 1.165) is 12.1 Å². The van der Waals surface area contributed by atoms with Gasteiger partial charge in [0, 0.05) is 7.05 Å². The summed E-state index contributed by atoms with van der Waals surface area (Å²) in [6.45, 7) is -0.454. The summed E-state index contributed by atoms with van der Waals surface area (Å²) in [6, 6.07) is 2.58. The molecule has 0 aliphatic carbocycles. The fourth-order valence-corrected chi connectivity index (χ4v) is 3.34. The van der Waals surface area contributed by atoms with E-state index in [1.54, 1.807) is 0 Å². The highest BCUT2D eigenvalue weighted by Gasteiger charge is 2.20. The van der Waals surface area contributed by atoms with Crippen LogP contribution in [0, 0.1) is 22.7 Å². The quantitative estimate of drug-likeness (QED) is 0.0620. The number of carbonyl (C=O) groups excluding carboxylic acids is 1. The van der Waals surface area contributed by atoms with E-state index in [1.807, 2.05) is 10.0 Å². The molecule has 0 saturated carbocycles. The lowest BCUT2D eigenvalue weighted by atomic mass is 10.3. The molecule has 0 aliphatic rings. The number of aliphatic carboxylic acids is 1. The number of halogens is 1. The van der Waals surface area contributed by atoms with Crippen LogP contribution in [0.3, 0.4) is 0 Å². The summed E-state index contributed by atoms with van der Waals surface area (Å²) in [5, 5.41) is 32.5. The van der Waals surface area contributed by atoms with E-state index in [-0.39, 0.29) is 5.69 Å². The average Bonchev–Trinajstić information content (AvgIpc) is 2.61. The second kappa shape index (κ2) is 10.1. The Kier molecular flexibility index (Phi) is 8.23. The molecule has 7 N–H and O–H groups in total. The molecule has 1 aromatic rings. The summed E-state index contributed by atoms with van der Waals surface area (Å²) in [5.74, 6) is -3.74. The molecule has 29 heavy (non-hydrogen) atoms. The molecule has 12 nitrogen and oxygen atoms in total. The molecule has 1 aromatic carbocycles. The van der Waals surface area contributed by atoms with Crippen molar-refractivity contribution in [1.82, 2.24) is 20.7 Å². The number of amides is 1. The Morgan fingerprint density at radius 1 is 1.38 bits per heavy atom. The number of nitrogens with one attached hydrogen (secondary N) is 6. The minimum absolute atomic E-state index is 0.335. The largest absolute Gasteiger partial charge is 0.477 e. The van der Waals surface area contributed by atoms with Crippen LogP contribution >= 0.6 is 12.6 Å². The molecular formula is C14H16FN7O5S2. The number of rotatable bonds is 8. The monoisotopic (exact) mass is 445 g/mol. The Hall–Kier alpha value is -3.51. The highest BCUT2D eigenvalue weighted by atomic mass is 32.2. The predicted molar refractivity (Wildman–Crippen MR) is 103 cm³/mol. The lowest BCUT2D eigenvalue weighted by Crippen LogP contribution is -2.38. The van der Waals surface area contributed by atoms with E-state index in [0.29, 0.717) is 6.07 Å². The first-order valence-electron chi connectivity index (χ1n) is 7.45. The minimum Gasteiger partial charge on any atom is -0.477 e. The third-order valence-corrected chi connectivity index (χ3v) is 4.90. The van der Waals surface area contributed by atoms with Gasteiger partial charge in [-0.05, 0) is 18.2 Å². The molecular weight excluding hydrogens is 429 g/mol. The SMILES string of the molecule is CN/C(C(=O)O)=C(\S)NS(=O)(=O)c1ccc(NC(=O)CNC(=N)NC#N)c(F)c1. The van der Waals surface area contributed by atoms with Crippen molar-refractivity contribution < 1.29 is 27.5 Å². The Morgan fingerprint density at radius 3 is 2.55 bits per heavy atom. The van der Waals surface area contributed by atoms with Crippen LogP contribution in [0.1, 0.15) is 0 Å². The number of carboxylic acid groups (broad SMARTS) is 1. The second-order valence-electron chi connectivity index (χ2n) is 5.04. The first-order valence-corrected chi connectivity index (χ1v) is 9.39. The molecule has 156 valence electrons. The number of nitriles is 1. The third kappa shape index (κ3) is 6.86. The number of likely N-dealkylation sites (N-methyl/N-ethyl adjacent to an activating group) is 1. The number of carbonyl (C=O) groups is 2. The van der Waals surface area contributed by atoms with E-state index in [9.17, 15) is 22.4 Å². The summed E-state index contributed by atoms with van der Waals surface area (Å²) in [5.41, 5.74) is -0.858. The topological polar surface area (TPSA) is 196 Å². The van der Waals surface area contributed by atoms with Gasteiger partial charge in [-0.25, -0.2) is 17.6 Å². The number of guanidine groups is 1. The van der Waals surface area contributed by atoms with Crippen molar-refractivity contribution >= 4 is 46.2 Å². The average molecular weight is 445 g/mol. The Morgan fingerprint density at radius 2 is 2.03 bits per heavy atom. The molecule has 0 heterocycles. The maximum atomic E-state index is 14.2. The van der Waals surface area contributed by atoms with Gasteiger partial charge >= 0.3 is 5.97 Å². The molecule has 0 unspecified atom stereocenters. The van der Waals surface area contributed by atoms with Gasteiger partial charge in [-0.15, -0.1) is 12.6 Å². The van der Waals surface area contributed by atoms with Gasteiger partial charge < -0.3 is 21.1 Å². The molecule has 0 radical (unpaired) electrons. The number of nitrogens with zero attached hydrogens (tertiary/aromatic N) is 1. The van der Waals surface area contributed by atoms with Crippen LogP contribution in [0.15, 0.2) is 33.8 Å². The molecule has 1 amide bonds. The van der Waals surface area contributed by atoms with Gasteiger partial charge in [0.25, 0.3) is 10.0 Å². The van der Waals surface area contributed by atoms with Gasteiger partial charge in [0.1, 0.15) is 10.8 Å². The second-order valence-corrected chi connectivity index (χ2v) is 7.17. The molecule has 0 atom stereocenters. The Balaban J connectivity index is 2.94. The number of sulfonamides is 1. The highest BCUT2D eigenvalue weighted by molar-refractivity contribution is 7.91. The zero-order chi connectivity index (χ0) is 22.2. The van der Waals surface area contributed by atoms with Crippen LogP contribution in [-0.4, -0.2) is 45.0 Å². The van der Waals surface area contributed by atoms with Gasteiger partial charge in [-0.3, -0.25) is 20.2 Å². The van der Waals surface area contributed by atoms with Crippen LogP contribution in [-0.2, 0) is 19.6 Å². The predicted octanol–water partition coefficient (Wildman–Crippen LogP) is -0.960. The fourth-order valence-electron chi connectivity index (χ4n) is 1.79. The molecule has 0 aromatic heterocycles. The molecule has 15 heteroatoms. The van der Waals surface area contributed by atoms with Crippen molar-refractivity contribution in [2.24, 2.45) is 0 Å². The lowest BCUT2D eigenvalue weighted by Gasteiger charge is -2.12. The first-order chi connectivity index (χ1) is 13.5. The minimum atomic E-state index is -4.36. The van der Waals surface area contributed by atoms with Crippen LogP contribution in [0.25, 0.3) is 0 Å². The van der Waals surface area contributed by atoms with Crippen LogP contribution in [0.2, 0.25) is 0 Å². The van der Waals surface area contributed by atoms with Crippen molar-refractivity contribution in [1.29, 1.82) is 10.7 Å². The number of hydrogen-bond acceptors (Lipinski definition) is 8. The normalized spacial score (nSPS) is 11.4. The molecule has 0 aliphatic heterocycles. The summed E-state index contributed by atoms with van der Waals surface area (Å²) in [7, 11) is -3.12. The first kappa shape index (κ1) is 23.5. The van der Waals surface area contributed by atoms with Gasteiger partial charge in [-0.1, -0.05) is 0 Å². The number of hydrogen-bond donors (Lipinski definition) is 8. The number of benzene rings is 1. The van der Waals surface area contributed by atoms with E-state index < -0.39 is 55.8 Å². The smallest absolute Gasteiger partial charge is 0.354 e. The molecule has 0 spiro atoms. The fraction of sp³-hybridized carbons (Fsp3) is 0.143. The van der Waals surface area contributed by atoms with Crippen molar-refractivity contribution in [3.05, 3.63) is 34.7 Å². The van der Waals surface area contributed by atoms with E-state index >= 15 is 0 Å². The number of thiol groups is 1. The number of carboxylic acids is 1. The summed E-state index contributed by atoms with van der Waals surface area (Å²) in [6.07, 6.45) is 1.46. The maximum absolute atomic E-state index is 14.2. The third-order valence-electron chi connectivity index (χ3n) is 3.06. The molecule has 0 saturated heterocycles. The van der Waals surface area contributed by atoms with Gasteiger partial charge in [-0.2, -0.15) is 5.26 Å². The summed E-state index contributed by atoms with van der Waals surface area (Å²) < 4.78 is 40.6. The van der Waals surface area contributed by atoms with Gasteiger partial charge in [0.15, 0.2) is 11.9 Å². The molecule has 0 fully saturated rings. The van der Waals surface area contributed by atoms with Crippen molar-refractivity contribution in [3.8, 4) is 6.19 Å². The molecule has 1 rings (SSSR count). The van der Waals surface area contributed by atoms with Crippen molar-refractivity contribution in [2.45, 2.75) is 4.90 Å². The summed E-state index contributed by atoms with van der Waals surface area (Å²) in [4.78, 5) is 22.2. The van der Waals surface area contributed by atoms with Crippen LogP contribution < -0.4 is 26.0 Å². The zero-order valence-corrected chi connectivity index (χ0v) is 16.4. The Labute approximate surface area is 170 Å².